The average molecular weight is 278 g/mol. The van der Waals surface area contributed by atoms with E-state index in [1.807, 2.05) is 48.7 Å². The van der Waals surface area contributed by atoms with Crippen molar-refractivity contribution in [1.29, 1.82) is 0 Å². The van der Waals surface area contributed by atoms with E-state index in [1.165, 1.54) is 4.90 Å². The minimum atomic E-state index is 0.770. The van der Waals surface area contributed by atoms with Gasteiger partial charge in [0.1, 0.15) is 5.75 Å². The molecule has 0 unspecified atom stereocenters. The molecule has 1 nitrogen and oxygen atoms in total. The summed E-state index contributed by atoms with van der Waals surface area (Å²) in [6.07, 6.45) is 2.04. The summed E-state index contributed by atoms with van der Waals surface area (Å²) in [5, 5.41) is 0. The maximum atomic E-state index is 5.24. The number of hydrogen-bond acceptors (Lipinski definition) is 2. The first kappa shape index (κ1) is 14.1. The highest BCUT2D eigenvalue weighted by Crippen LogP contribution is 2.18. The Morgan fingerprint density at radius 3 is 2.15 bits per heavy atom. The van der Waals surface area contributed by atoms with Crippen LogP contribution >= 0.6 is 11.8 Å². The summed E-state index contributed by atoms with van der Waals surface area (Å²) in [7, 11) is 1.64. The minimum absolute atomic E-state index is 0.770. The number of rotatable bonds is 2. The molecule has 0 aliphatic carbocycles. The molecule has 0 saturated carbocycles. The first-order valence-corrected chi connectivity index (χ1v) is 7.35. The number of thioether (sulfide) groups is 1. The second-order valence-electron chi connectivity index (χ2n) is 3.90. The second-order valence-corrected chi connectivity index (χ2v) is 4.75. The Morgan fingerprint density at radius 2 is 1.45 bits per heavy atom. The van der Waals surface area contributed by atoms with Gasteiger partial charge in [0.05, 0.1) is 12.7 Å². The van der Waals surface area contributed by atoms with E-state index in [-0.39, 0.29) is 0 Å². The van der Waals surface area contributed by atoms with Crippen LogP contribution in [0.2, 0.25) is 0 Å². The Balaban J connectivity index is 2.22. The normalized spacial score (nSPS) is 8.90. The van der Waals surface area contributed by atoms with Crippen molar-refractivity contribution in [3.63, 3.8) is 0 Å². The van der Waals surface area contributed by atoms with Crippen LogP contribution in [0.4, 0.5) is 0 Å². The van der Waals surface area contributed by atoms with Crippen molar-refractivity contribution in [3.05, 3.63) is 59.7 Å². The number of para-hydroxylation sites is 1. The van der Waals surface area contributed by atoms with Gasteiger partial charge >= 0.3 is 0 Å². The Kier molecular flexibility index (Phi) is 5.18. The SMILES string of the molecule is COc1ccccc1C#CC#Cc1ccccc1SC. The molecule has 0 heterocycles. The zero-order chi connectivity index (χ0) is 14.2. The number of benzene rings is 2. The van der Waals surface area contributed by atoms with Crippen LogP contribution in [-0.2, 0) is 0 Å². The standard InChI is InChI=1S/C18H14OS/c1-19-17-13-7-5-10-15(17)9-3-4-11-16-12-6-8-14-18(16)20-2/h5-8,10,12-14H,1-2H3. The molecule has 2 aromatic rings. The van der Waals surface area contributed by atoms with E-state index in [0.29, 0.717) is 0 Å². The van der Waals surface area contributed by atoms with E-state index in [1.54, 1.807) is 18.9 Å². The Bertz CT molecular complexity index is 648. The quantitative estimate of drug-likeness (QED) is 0.610. The van der Waals surface area contributed by atoms with E-state index in [2.05, 4.69) is 29.7 Å². The zero-order valence-corrected chi connectivity index (χ0v) is 12.3. The van der Waals surface area contributed by atoms with Crippen molar-refractivity contribution < 1.29 is 4.74 Å². The van der Waals surface area contributed by atoms with Crippen LogP contribution in [0.25, 0.3) is 0 Å². The first-order chi connectivity index (χ1) is 9.85. The zero-order valence-electron chi connectivity index (χ0n) is 11.4. The smallest absolute Gasteiger partial charge is 0.134 e. The lowest BCUT2D eigenvalue weighted by Gasteiger charge is -2.00. The van der Waals surface area contributed by atoms with Crippen LogP contribution in [0.1, 0.15) is 11.1 Å². The van der Waals surface area contributed by atoms with Crippen molar-refractivity contribution in [2.75, 3.05) is 13.4 Å². The predicted molar refractivity (Wildman–Crippen MR) is 85.0 cm³/mol. The molecule has 0 amide bonds. The Hall–Kier alpha value is -2.29. The maximum Gasteiger partial charge on any atom is 0.134 e. The van der Waals surface area contributed by atoms with E-state index in [0.717, 1.165) is 16.9 Å². The molecule has 0 saturated heterocycles. The molecule has 0 bridgehead atoms. The van der Waals surface area contributed by atoms with E-state index in [4.69, 9.17) is 4.74 Å². The fourth-order valence-electron chi connectivity index (χ4n) is 1.69. The summed E-state index contributed by atoms with van der Waals surface area (Å²) in [5.74, 6) is 12.6. The molecule has 0 aliphatic rings. The van der Waals surface area contributed by atoms with Gasteiger partial charge in [0.2, 0.25) is 0 Å². The van der Waals surface area contributed by atoms with Crippen LogP contribution in [-0.4, -0.2) is 13.4 Å². The lowest BCUT2D eigenvalue weighted by atomic mass is 10.2. The van der Waals surface area contributed by atoms with Crippen LogP contribution in [0.5, 0.6) is 5.75 Å². The topological polar surface area (TPSA) is 9.23 Å². The van der Waals surface area contributed by atoms with Crippen molar-refractivity contribution in [2.24, 2.45) is 0 Å². The van der Waals surface area contributed by atoms with Gasteiger partial charge < -0.3 is 4.74 Å². The molecule has 0 aliphatic heterocycles. The third kappa shape index (κ3) is 3.60. The molecule has 0 radical (unpaired) electrons. The summed E-state index contributed by atoms with van der Waals surface area (Å²) < 4.78 is 5.24. The summed E-state index contributed by atoms with van der Waals surface area (Å²) >= 11 is 1.69. The maximum absolute atomic E-state index is 5.24. The van der Waals surface area contributed by atoms with Gasteiger partial charge in [-0.2, -0.15) is 0 Å². The molecule has 0 aromatic heterocycles. The van der Waals surface area contributed by atoms with Crippen molar-refractivity contribution in [1.82, 2.24) is 0 Å². The molecule has 2 rings (SSSR count). The third-order valence-corrected chi connectivity index (χ3v) is 3.47. The number of ether oxygens (including phenoxy) is 1. The highest BCUT2D eigenvalue weighted by Gasteiger charge is 1.96. The van der Waals surface area contributed by atoms with Crippen molar-refractivity contribution in [2.45, 2.75) is 4.90 Å². The van der Waals surface area contributed by atoms with E-state index < -0.39 is 0 Å². The minimum Gasteiger partial charge on any atom is -0.495 e. The average Bonchev–Trinajstić information content (AvgIpc) is 2.52. The predicted octanol–water partition coefficient (Wildman–Crippen LogP) is 3.82. The third-order valence-electron chi connectivity index (χ3n) is 2.67. The molecule has 0 spiro atoms. The van der Waals surface area contributed by atoms with Gasteiger partial charge in [-0.05, 0) is 48.3 Å². The first-order valence-electron chi connectivity index (χ1n) is 6.13. The van der Waals surface area contributed by atoms with Gasteiger partial charge in [0, 0.05) is 10.5 Å². The summed E-state index contributed by atoms with van der Waals surface area (Å²) in [6.45, 7) is 0. The van der Waals surface area contributed by atoms with Gasteiger partial charge in [-0.15, -0.1) is 11.8 Å². The fourth-order valence-corrected chi connectivity index (χ4v) is 2.25. The summed E-state index contributed by atoms with van der Waals surface area (Å²) in [5.41, 5.74) is 1.86. The summed E-state index contributed by atoms with van der Waals surface area (Å²) in [6, 6.07) is 15.7. The lowest BCUT2D eigenvalue weighted by molar-refractivity contribution is 0.413. The molecule has 0 N–H and O–H groups in total. The molecule has 2 heteroatoms. The molecule has 98 valence electrons. The van der Waals surface area contributed by atoms with Gasteiger partial charge in [-0.3, -0.25) is 0 Å². The lowest BCUT2D eigenvalue weighted by Crippen LogP contribution is -1.86. The number of methoxy groups -OCH3 is 1. The van der Waals surface area contributed by atoms with Crippen LogP contribution in [0.15, 0.2) is 53.4 Å². The number of hydrogen-bond donors (Lipinski definition) is 0. The largest absolute Gasteiger partial charge is 0.495 e. The highest BCUT2D eigenvalue weighted by molar-refractivity contribution is 7.98. The monoisotopic (exact) mass is 278 g/mol. The van der Waals surface area contributed by atoms with Gasteiger partial charge in [-0.1, -0.05) is 30.2 Å². The Morgan fingerprint density at radius 1 is 0.850 bits per heavy atom. The molecule has 0 fully saturated rings. The van der Waals surface area contributed by atoms with E-state index >= 15 is 0 Å². The summed E-state index contributed by atoms with van der Waals surface area (Å²) in [4.78, 5) is 1.17. The van der Waals surface area contributed by atoms with Crippen molar-refractivity contribution >= 4 is 11.8 Å². The fraction of sp³-hybridized carbons (Fsp3) is 0.111. The van der Waals surface area contributed by atoms with Crippen LogP contribution < -0.4 is 4.74 Å². The Labute approximate surface area is 124 Å². The van der Waals surface area contributed by atoms with Crippen LogP contribution in [0, 0.1) is 23.7 Å². The molecular formula is C18H14OS. The van der Waals surface area contributed by atoms with Gasteiger partial charge in [0.15, 0.2) is 0 Å². The highest BCUT2D eigenvalue weighted by atomic mass is 32.2. The van der Waals surface area contributed by atoms with Gasteiger partial charge in [0.25, 0.3) is 0 Å². The molecule has 20 heavy (non-hydrogen) atoms. The molecule has 2 aromatic carbocycles. The molecular weight excluding hydrogens is 264 g/mol. The van der Waals surface area contributed by atoms with Gasteiger partial charge in [-0.25, -0.2) is 0 Å². The molecule has 0 atom stereocenters. The van der Waals surface area contributed by atoms with E-state index in [9.17, 15) is 0 Å². The second kappa shape index (κ2) is 7.34. The van der Waals surface area contributed by atoms with Crippen molar-refractivity contribution in [3.8, 4) is 29.4 Å². The van der Waals surface area contributed by atoms with Crippen LogP contribution in [0.3, 0.4) is 0 Å².